The summed E-state index contributed by atoms with van der Waals surface area (Å²) < 4.78 is 38.4. The lowest BCUT2D eigenvalue weighted by Crippen LogP contribution is -2.43. The van der Waals surface area contributed by atoms with E-state index < -0.39 is 11.6 Å². The average Bonchev–Trinajstić information content (AvgIpc) is 2.86. The lowest BCUT2D eigenvalue weighted by atomic mass is 9.83. The predicted octanol–water partition coefficient (Wildman–Crippen LogP) is 5.23. The topological polar surface area (TPSA) is 50.8 Å². The molecule has 0 aromatic heterocycles. The average molecular weight is 467 g/mol. The molecule has 3 aromatic carbocycles. The fraction of sp³-hybridized carbons (Fsp3) is 0.296. The van der Waals surface area contributed by atoms with Crippen molar-refractivity contribution < 1.29 is 23.0 Å². The third kappa shape index (κ3) is 5.54. The number of nitrogens with one attached hydrogen (secondary N) is 1. The normalized spacial score (nSPS) is 18.4. The zero-order valence-electron chi connectivity index (χ0n) is 19.3. The van der Waals surface area contributed by atoms with Crippen LogP contribution in [0.2, 0.25) is 0 Å². The highest BCUT2D eigenvalue weighted by atomic mass is 19.1. The molecule has 0 aliphatic carbocycles. The molecule has 34 heavy (non-hydrogen) atoms. The second kappa shape index (κ2) is 10.7. The van der Waals surface area contributed by atoms with E-state index in [1.807, 2.05) is 30.3 Å². The summed E-state index contributed by atoms with van der Waals surface area (Å²) in [5.74, 6) is -0.397. The van der Waals surface area contributed by atoms with Crippen LogP contribution in [0.3, 0.4) is 0 Å². The van der Waals surface area contributed by atoms with E-state index >= 15 is 0 Å². The number of anilines is 1. The van der Waals surface area contributed by atoms with Crippen LogP contribution in [-0.4, -0.2) is 38.1 Å². The molecule has 4 rings (SSSR count). The Morgan fingerprint density at radius 3 is 2.50 bits per heavy atom. The number of likely N-dealkylation sites (tertiary alicyclic amines) is 1. The van der Waals surface area contributed by atoms with E-state index in [4.69, 9.17) is 9.47 Å². The fourth-order valence-electron chi connectivity index (χ4n) is 4.50. The zero-order chi connectivity index (χ0) is 24.1. The Bertz CT molecular complexity index is 1140. The summed E-state index contributed by atoms with van der Waals surface area (Å²) in [6, 6.07) is 18.9. The Hall–Kier alpha value is -3.45. The van der Waals surface area contributed by atoms with E-state index in [9.17, 15) is 13.6 Å². The maximum Gasteiger partial charge on any atom is 0.228 e. The Balaban J connectivity index is 1.55. The van der Waals surface area contributed by atoms with Gasteiger partial charge in [0.2, 0.25) is 5.91 Å². The van der Waals surface area contributed by atoms with Gasteiger partial charge in [-0.15, -0.1) is 0 Å². The fourth-order valence-corrected chi connectivity index (χ4v) is 4.50. The third-order valence-corrected chi connectivity index (χ3v) is 6.24. The van der Waals surface area contributed by atoms with Crippen LogP contribution in [0.15, 0.2) is 66.7 Å². The third-order valence-electron chi connectivity index (χ3n) is 6.24. The first kappa shape index (κ1) is 23.7. The number of carbonyl (C=O) groups excluding carboxylic acids is 1. The quantitative estimate of drug-likeness (QED) is 0.518. The Labute approximate surface area is 198 Å². The van der Waals surface area contributed by atoms with E-state index in [0.717, 1.165) is 11.6 Å². The summed E-state index contributed by atoms with van der Waals surface area (Å²) in [7, 11) is 3.10. The number of amides is 1. The highest BCUT2D eigenvalue weighted by molar-refractivity contribution is 5.94. The van der Waals surface area contributed by atoms with Gasteiger partial charge in [-0.25, -0.2) is 8.78 Å². The minimum atomic E-state index is -0.604. The first-order valence-corrected chi connectivity index (χ1v) is 11.2. The summed E-state index contributed by atoms with van der Waals surface area (Å²) in [4.78, 5) is 15.4. The molecule has 178 valence electrons. The van der Waals surface area contributed by atoms with Gasteiger partial charge in [0.25, 0.3) is 0 Å². The van der Waals surface area contributed by atoms with Crippen molar-refractivity contribution in [3.8, 4) is 11.5 Å². The molecule has 1 aliphatic rings. The highest BCUT2D eigenvalue weighted by Gasteiger charge is 2.33. The Kier molecular flexibility index (Phi) is 7.43. The van der Waals surface area contributed by atoms with Gasteiger partial charge in [0.1, 0.15) is 23.1 Å². The maximum atomic E-state index is 14.3. The lowest BCUT2D eigenvalue weighted by Gasteiger charge is -2.37. The zero-order valence-corrected chi connectivity index (χ0v) is 19.3. The van der Waals surface area contributed by atoms with Gasteiger partial charge < -0.3 is 14.8 Å². The van der Waals surface area contributed by atoms with Gasteiger partial charge >= 0.3 is 0 Å². The number of halogens is 2. The molecule has 1 saturated heterocycles. The van der Waals surface area contributed by atoms with Gasteiger partial charge in [0.05, 0.1) is 25.8 Å². The first-order valence-electron chi connectivity index (χ1n) is 11.2. The summed E-state index contributed by atoms with van der Waals surface area (Å²) in [5, 5.41) is 2.99. The van der Waals surface area contributed by atoms with Gasteiger partial charge in [0, 0.05) is 37.3 Å². The second-order valence-corrected chi connectivity index (χ2v) is 8.53. The van der Waals surface area contributed by atoms with Crippen molar-refractivity contribution in [1.82, 2.24) is 4.90 Å². The number of piperidine rings is 1. The molecule has 0 unspecified atom stereocenters. The standard InChI is InChI=1S/C27H28F2N2O3/c1-33-23-10-11-25(26(14-23)34-2)30-27(32)21-12-20(18-6-4-3-5-7-18)16-31(17-21)15-19-8-9-22(28)13-24(19)29/h3-11,13-14,20-21H,12,15-17H2,1-2H3,(H,30,32)/t20-,21+/m0/s1. The molecule has 3 aromatic rings. The van der Waals surface area contributed by atoms with Crippen LogP contribution in [-0.2, 0) is 11.3 Å². The molecule has 1 aliphatic heterocycles. The molecular formula is C27H28F2N2O3. The van der Waals surface area contributed by atoms with Crippen molar-refractivity contribution >= 4 is 11.6 Å². The molecule has 7 heteroatoms. The molecule has 1 amide bonds. The van der Waals surface area contributed by atoms with E-state index in [0.29, 0.717) is 48.8 Å². The largest absolute Gasteiger partial charge is 0.497 e. The van der Waals surface area contributed by atoms with Crippen molar-refractivity contribution in [3.63, 3.8) is 0 Å². The molecule has 0 bridgehead atoms. The number of methoxy groups -OCH3 is 2. The van der Waals surface area contributed by atoms with Gasteiger partial charge in [0.15, 0.2) is 0 Å². The molecule has 0 saturated carbocycles. The molecule has 0 spiro atoms. The SMILES string of the molecule is COc1ccc(NC(=O)[C@@H]2C[C@H](c3ccccc3)CN(Cc3ccc(F)cc3F)C2)c(OC)c1. The molecule has 0 radical (unpaired) electrons. The van der Waals surface area contributed by atoms with E-state index in [2.05, 4.69) is 10.2 Å². The molecule has 1 N–H and O–H groups in total. The molecule has 1 fully saturated rings. The van der Waals surface area contributed by atoms with Gasteiger partial charge in [-0.3, -0.25) is 9.69 Å². The summed E-state index contributed by atoms with van der Waals surface area (Å²) in [5.41, 5.74) is 2.10. The predicted molar refractivity (Wildman–Crippen MR) is 127 cm³/mol. The van der Waals surface area contributed by atoms with Crippen molar-refractivity contribution in [2.75, 3.05) is 32.6 Å². The smallest absolute Gasteiger partial charge is 0.228 e. The van der Waals surface area contributed by atoms with E-state index in [-0.39, 0.29) is 17.7 Å². The van der Waals surface area contributed by atoms with Crippen LogP contribution < -0.4 is 14.8 Å². The summed E-state index contributed by atoms with van der Waals surface area (Å²) in [6.07, 6.45) is 0.663. The number of hydrogen-bond donors (Lipinski definition) is 1. The number of benzene rings is 3. The number of carbonyl (C=O) groups is 1. The molecule has 5 nitrogen and oxygen atoms in total. The van der Waals surface area contributed by atoms with Crippen molar-refractivity contribution in [1.29, 1.82) is 0 Å². The van der Waals surface area contributed by atoms with Gasteiger partial charge in [-0.2, -0.15) is 0 Å². The summed E-state index contributed by atoms with van der Waals surface area (Å²) >= 11 is 0. The molecule has 1 heterocycles. The molecular weight excluding hydrogens is 438 g/mol. The van der Waals surface area contributed by atoms with Crippen LogP contribution in [0.25, 0.3) is 0 Å². The Morgan fingerprint density at radius 1 is 1.00 bits per heavy atom. The monoisotopic (exact) mass is 466 g/mol. The van der Waals surface area contributed by atoms with E-state index in [1.165, 1.54) is 19.2 Å². The lowest BCUT2D eigenvalue weighted by molar-refractivity contribution is -0.121. The number of ether oxygens (including phenoxy) is 2. The minimum Gasteiger partial charge on any atom is -0.497 e. The van der Waals surface area contributed by atoms with Gasteiger partial charge in [-0.05, 0) is 36.1 Å². The van der Waals surface area contributed by atoms with Crippen molar-refractivity contribution in [2.24, 2.45) is 5.92 Å². The number of nitrogens with zero attached hydrogens (tertiary/aromatic N) is 1. The maximum absolute atomic E-state index is 14.3. The highest BCUT2D eigenvalue weighted by Crippen LogP contribution is 2.34. The molecule has 2 atom stereocenters. The van der Waals surface area contributed by atoms with Crippen molar-refractivity contribution in [2.45, 2.75) is 18.9 Å². The minimum absolute atomic E-state index is 0.104. The summed E-state index contributed by atoms with van der Waals surface area (Å²) in [6.45, 7) is 1.44. The van der Waals surface area contributed by atoms with Crippen LogP contribution >= 0.6 is 0 Å². The van der Waals surface area contributed by atoms with Crippen LogP contribution in [0.5, 0.6) is 11.5 Å². The van der Waals surface area contributed by atoms with E-state index in [1.54, 1.807) is 25.3 Å². The Morgan fingerprint density at radius 2 is 1.79 bits per heavy atom. The van der Waals surface area contributed by atoms with Crippen LogP contribution in [0.4, 0.5) is 14.5 Å². The first-order chi connectivity index (χ1) is 16.5. The van der Waals surface area contributed by atoms with Crippen LogP contribution in [0.1, 0.15) is 23.5 Å². The van der Waals surface area contributed by atoms with Crippen LogP contribution in [0, 0.1) is 17.6 Å². The second-order valence-electron chi connectivity index (χ2n) is 8.53. The number of hydrogen-bond acceptors (Lipinski definition) is 4. The number of rotatable bonds is 7. The van der Waals surface area contributed by atoms with Gasteiger partial charge in [-0.1, -0.05) is 36.4 Å². The van der Waals surface area contributed by atoms with Crippen molar-refractivity contribution in [3.05, 3.63) is 89.5 Å².